The van der Waals surface area contributed by atoms with Crippen LogP contribution in [-0.4, -0.2) is 75.4 Å². The van der Waals surface area contributed by atoms with E-state index in [-0.39, 0.29) is 0 Å². The van der Waals surface area contributed by atoms with Gasteiger partial charge < -0.3 is 19.3 Å². The van der Waals surface area contributed by atoms with Gasteiger partial charge in [0.05, 0.1) is 36.3 Å². The van der Waals surface area contributed by atoms with Gasteiger partial charge in [-0.05, 0) is 18.9 Å². The topological polar surface area (TPSA) is 83.8 Å². The van der Waals surface area contributed by atoms with Crippen molar-refractivity contribution in [3.05, 3.63) is 24.5 Å². The Balaban J connectivity index is 1.36. The Morgan fingerprint density at radius 1 is 0.966 bits per heavy atom. The lowest BCUT2D eigenvalue weighted by Crippen LogP contribution is -2.57. The van der Waals surface area contributed by atoms with Gasteiger partial charge in [0.1, 0.15) is 11.2 Å². The molecule has 0 aromatic carbocycles. The molecule has 4 unspecified atom stereocenters. The van der Waals surface area contributed by atoms with E-state index in [1.165, 1.54) is 12.1 Å². The molecule has 1 N–H and O–H groups in total. The van der Waals surface area contributed by atoms with Crippen molar-refractivity contribution in [2.75, 3.05) is 36.0 Å². The highest BCUT2D eigenvalue weighted by molar-refractivity contribution is 5.78. The lowest BCUT2D eigenvalue weighted by Gasteiger charge is -2.47. The van der Waals surface area contributed by atoms with E-state index < -0.39 is 0 Å². The van der Waals surface area contributed by atoms with Crippen molar-refractivity contribution in [3.63, 3.8) is 0 Å². The van der Waals surface area contributed by atoms with E-state index in [4.69, 9.17) is 14.6 Å². The monoisotopic (exact) mass is 393 g/mol. The molecule has 4 atom stereocenters. The van der Waals surface area contributed by atoms with Crippen molar-refractivity contribution in [3.8, 4) is 11.5 Å². The van der Waals surface area contributed by atoms with Crippen LogP contribution in [0, 0.1) is 0 Å². The summed E-state index contributed by atoms with van der Waals surface area (Å²) in [4.78, 5) is 9.51. The summed E-state index contributed by atoms with van der Waals surface area (Å²) >= 11 is 0. The molecule has 150 valence electrons. The third-order valence-corrected chi connectivity index (χ3v) is 6.68. The van der Waals surface area contributed by atoms with Crippen LogP contribution < -0.4 is 9.80 Å². The lowest BCUT2D eigenvalue weighted by atomic mass is 9.99. The average molecular weight is 393 g/mol. The number of rotatable bonds is 3. The first-order valence-electron chi connectivity index (χ1n) is 10.5. The molecular weight excluding hydrogens is 370 g/mol. The maximum absolute atomic E-state index is 6.07. The second kappa shape index (κ2) is 5.93. The number of piperidine rings is 1. The van der Waals surface area contributed by atoms with Gasteiger partial charge in [0.2, 0.25) is 0 Å². The summed E-state index contributed by atoms with van der Waals surface area (Å²) in [6.07, 6.45) is 8.48. The largest absolute Gasteiger partial charge is 0.371 e. The molecule has 5 saturated heterocycles. The molecule has 0 spiro atoms. The third kappa shape index (κ3) is 2.50. The molecule has 5 fully saturated rings. The highest BCUT2D eigenvalue weighted by Crippen LogP contribution is 2.36. The Hall–Kier alpha value is -2.65. The van der Waals surface area contributed by atoms with Crippen LogP contribution in [0.3, 0.4) is 0 Å². The van der Waals surface area contributed by atoms with Crippen LogP contribution >= 0.6 is 0 Å². The number of aromatic nitrogens is 5. The summed E-state index contributed by atoms with van der Waals surface area (Å²) in [7, 11) is 0. The molecular formula is C20H23N7O2. The van der Waals surface area contributed by atoms with E-state index in [1.54, 1.807) is 6.20 Å². The van der Waals surface area contributed by atoms with Gasteiger partial charge in [-0.3, -0.25) is 5.10 Å². The zero-order valence-corrected chi connectivity index (χ0v) is 16.1. The van der Waals surface area contributed by atoms with Gasteiger partial charge in [-0.1, -0.05) is 0 Å². The van der Waals surface area contributed by atoms with Crippen LogP contribution in [0.2, 0.25) is 0 Å². The Labute approximate surface area is 167 Å². The number of morpholine rings is 2. The minimum Gasteiger partial charge on any atom is -0.371 e. The normalized spacial score (nSPS) is 30.8. The number of imidazole rings is 1. The summed E-state index contributed by atoms with van der Waals surface area (Å²) in [6, 6.07) is 4.17. The SMILES string of the molecule is c1cc(-c2ncc3c(N4CC5CCC(C4)O5)cc(N4CC5CC(C4)O5)nn23)[nH]n1. The van der Waals surface area contributed by atoms with Crippen LogP contribution in [0.5, 0.6) is 0 Å². The molecule has 5 aliphatic rings. The Bertz CT molecular complexity index is 1040. The van der Waals surface area contributed by atoms with Crippen LogP contribution in [0.25, 0.3) is 17.0 Å². The van der Waals surface area contributed by atoms with Crippen molar-refractivity contribution in [1.82, 2.24) is 24.8 Å². The Morgan fingerprint density at radius 3 is 2.41 bits per heavy atom. The first-order valence-corrected chi connectivity index (χ1v) is 10.5. The zero-order chi connectivity index (χ0) is 18.9. The number of hydrogen-bond acceptors (Lipinski definition) is 7. The molecule has 4 bridgehead atoms. The van der Waals surface area contributed by atoms with E-state index in [0.717, 1.165) is 61.9 Å². The van der Waals surface area contributed by atoms with Crippen molar-refractivity contribution in [2.45, 2.75) is 43.7 Å². The van der Waals surface area contributed by atoms with Gasteiger partial charge in [-0.2, -0.15) is 5.10 Å². The maximum atomic E-state index is 6.07. The van der Waals surface area contributed by atoms with Gasteiger partial charge in [-0.15, -0.1) is 5.10 Å². The second-order valence-electron chi connectivity index (χ2n) is 8.62. The summed E-state index contributed by atoms with van der Waals surface area (Å²) in [5.41, 5.74) is 3.08. The van der Waals surface area contributed by atoms with E-state index in [9.17, 15) is 0 Å². The first-order chi connectivity index (χ1) is 14.3. The van der Waals surface area contributed by atoms with Crippen molar-refractivity contribution < 1.29 is 9.47 Å². The fraction of sp³-hybridized carbons (Fsp3) is 0.550. The van der Waals surface area contributed by atoms with E-state index >= 15 is 0 Å². The lowest BCUT2D eigenvalue weighted by molar-refractivity contribution is -0.133. The number of anilines is 2. The average Bonchev–Trinajstić information content (AvgIpc) is 3.46. The third-order valence-electron chi connectivity index (χ3n) is 6.68. The molecule has 3 aromatic heterocycles. The van der Waals surface area contributed by atoms with Gasteiger partial charge in [0, 0.05) is 44.9 Å². The number of fused-ring (bicyclic) bond motifs is 5. The Kier molecular flexibility index (Phi) is 3.31. The van der Waals surface area contributed by atoms with Crippen LogP contribution in [0.1, 0.15) is 19.3 Å². The highest BCUT2D eigenvalue weighted by Gasteiger charge is 2.40. The minimum atomic E-state index is 0.330. The zero-order valence-electron chi connectivity index (χ0n) is 16.1. The standard InChI is InChI=1S/C20H23N7O2/c1-2-13-9-25(8-12(1)28-13)17-6-19(26-10-14-5-15(11-26)29-14)24-27-18(17)7-21-20(27)16-3-4-22-23-16/h3-4,6-7,12-15H,1-2,5,8-11H2,(H,22,23). The maximum Gasteiger partial charge on any atom is 0.179 e. The molecule has 0 radical (unpaired) electrons. The molecule has 8 rings (SSSR count). The first kappa shape index (κ1) is 16.2. The van der Waals surface area contributed by atoms with Crippen LogP contribution in [-0.2, 0) is 9.47 Å². The van der Waals surface area contributed by atoms with E-state index in [2.05, 4.69) is 31.0 Å². The fourth-order valence-corrected chi connectivity index (χ4v) is 5.28. The minimum absolute atomic E-state index is 0.330. The molecule has 3 aromatic rings. The van der Waals surface area contributed by atoms with Gasteiger partial charge >= 0.3 is 0 Å². The van der Waals surface area contributed by atoms with Crippen molar-refractivity contribution in [2.24, 2.45) is 0 Å². The number of aromatic amines is 1. The van der Waals surface area contributed by atoms with Crippen LogP contribution in [0.15, 0.2) is 24.5 Å². The molecule has 29 heavy (non-hydrogen) atoms. The number of ether oxygens (including phenoxy) is 2. The fourth-order valence-electron chi connectivity index (χ4n) is 5.28. The number of nitrogens with one attached hydrogen (secondary N) is 1. The van der Waals surface area contributed by atoms with Crippen LogP contribution in [0.4, 0.5) is 11.5 Å². The molecule has 9 nitrogen and oxygen atoms in total. The highest BCUT2D eigenvalue weighted by atomic mass is 16.5. The molecule has 8 heterocycles. The summed E-state index contributed by atoms with van der Waals surface area (Å²) in [5, 5.41) is 12.1. The molecule has 9 heteroatoms. The number of nitrogens with zero attached hydrogens (tertiary/aromatic N) is 6. The van der Waals surface area contributed by atoms with Gasteiger partial charge in [0.25, 0.3) is 0 Å². The van der Waals surface area contributed by atoms with Gasteiger partial charge in [0.15, 0.2) is 11.6 Å². The molecule has 0 aliphatic carbocycles. The van der Waals surface area contributed by atoms with E-state index in [1.807, 2.05) is 16.8 Å². The molecule has 0 amide bonds. The smallest absolute Gasteiger partial charge is 0.179 e. The van der Waals surface area contributed by atoms with E-state index in [0.29, 0.717) is 24.4 Å². The molecule has 0 saturated carbocycles. The number of H-pyrrole nitrogens is 1. The summed E-state index contributed by atoms with van der Waals surface area (Å²) < 4.78 is 13.9. The summed E-state index contributed by atoms with van der Waals surface area (Å²) in [6.45, 7) is 3.65. The van der Waals surface area contributed by atoms with Crippen molar-refractivity contribution in [1.29, 1.82) is 0 Å². The quantitative estimate of drug-likeness (QED) is 0.721. The van der Waals surface area contributed by atoms with Gasteiger partial charge in [-0.25, -0.2) is 9.50 Å². The predicted molar refractivity (Wildman–Crippen MR) is 106 cm³/mol. The van der Waals surface area contributed by atoms with Crippen molar-refractivity contribution >= 4 is 17.0 Å². The number of hydrogen-bond donors (Lipinski definition) is 1. The second-order valence-corrected chi connectivity index (χ2v) is 8.62. The summed E-state index contributed by atoms with van der Waals surface area (Å²) in [5.74, 6) is 1.78. The Morgan fingerprint density at radius 2 is 1.69 bits per heavy atom. The predicted octanol–water partition coefficient (Wildman–Crippen LogP) is 1.46. The molecule has 5 aliphatic heterocycles.